The van der Waals surface area contributed by atoms with Gasteiger partial charge in [-0.2, -0.15) is 0 Å². The fourth-order valence-electron chi connectivity index (χ4n) is 3.78. The van der Waals surface area contributed by atoms with Crippen LogP contribution in [0.1, 0.15) is 44.7 Å². The molecule has 0 unspecified atom stereocenters. The molecule has 0 aromatic heterocycles. The molecular formula is C26H35Cl2N3O5S. The summed E-state index contributed by atoms with van der Waals surface area (Å²) in [5.41, 5.74) is 1.61. The lowest BCUT2D eigenvalue weighted by molar-refractivity contribution is -0.140. The highest BCUT2D eigenvalue weighted by Gasteiger charge is 2.33. The third-order valence-electron chi connectivity index (χ3n) is 6.02. The van der Waals surface area contributed by atoms with Crippen LogP contribution in [0.2, 0.25) is 10.0 Å². The number of nitrogens with one attached hydrogen (secondary N) is 1. The molecule has 1 N–H and O–H groups in total. The van der Waals surface area contributed by atoms with Crippen LogP contribution in [0.4, 0.5) is 5.69 Å². The summed E-state index contributed by atoms with van der Waals surface area (Å²) in [6, 6.07) is 9.01. The highest BCUT2D eigenvalue weighted by atomic mass is 35.5. The first kappa shape index (κ1) is 30.7. The van der Waals surface area contributed by atoms with Crippen molar-refractivity contribution in [1.82, 2.24) is 10.2 Å². The van der Waals surface area contributed by atoms with E-state index >= 15 is 0 Å². The van der Waals surface area contributed by atoms with Crippen LogP contribution in [0.5, 0.6) is 5.75 Å². The minimum Gasteiger partial charge on any atom is -0.495 e. The molecule has 2 aromatic rings. The lowest BCUT2D eigenvalue weighted by Crippen LogP contribution is -2.53. The minimum absolute atomic E-state index is 0.0101. The zero-order chi connectivity index (χ0) is 27.9. The predicted octanol–water partition coefficient (Wildman–Crippen LogP) is 4.80. The van der Waals surface area contributed by atoms with Gasteiger partial charge in [0.15, 0.2) is 0 Å². The molecule has 0 aliphatic carbocycles. The van der Waals surface area contributed by atoms with Crippen LogP contribution in [0.25, 0.3) is 0 Å². The van der Waals surface area contributed by atoms with Gasteiger partial charge in [-0.25, -0.2) is 8.42 Å². The maximum atomic E-state index is 13.8. The maximum absolute atomic E-state index is 13.8. The molecule has 2 rings (SSSR count). The maximum Gasteiger partial charge on any atom is 0.244 e. The predicted molar refractivity (Wildman–Crippen MR) is 149 cm³/mol. The van der Waals surface area contributed by atoms with E-state index in [9.17, 15) is 18.0 Å². The highest BCUT2D eigenvalue weighted by Crippen LogP contribution is 2.31. The molecule has 0 aliphatic rings. The van der Waals surface area contributed by atoms with E-state index in [-0.39, 0.29) is 24.2 Å². The number of aryl methyl sites for hydroxylation is 1. The summed E-state index contributed by atoms with van der Waals surface area (Å²) in [6.07, 6.45) is 2.05. The number of carbonyl (C=O) groups excluding carboxylic acids is 2. The second-order valence-corrected chi connectivity index (χ2v) is 11.7. The molecule has 0 spiro atoms. The van der Waals surface area contributed by atoms with Crippen LogP contribution in [0.15, 0.2) is 36.4 Å². The van der Waals surface area contributed by atoms with E-state index in [1.54, 1.807) is 43.3 Å². The molecular weight excluding hydrogens is 537 g/mol. The van der Waals surface area contributed by atoms with Gasteiger partial charge in [0.2, 0.25) is 21.8 Å². The number of sulfonamides is 1. The van der Waals surface area contributed by atoms with Crippen molar-refractivity contribution < 1.29 is 22.7 Å². The van der Waals surface area contributed by atoms with Gasteiger partial charge in [-0.1, -0.05) is 49.2 Å². The quantitative estimate of drug-likeness (QED) is 0.394. The second-order valence-electron chi connectivity index (χ2n) is 8.94. The summed E-state index contributed by atoms with van der Waals surface area (Å²) >= 11 is 12.4. The highest BCUT2D eigenvalue weighted by molar-refractivity contribution is 7.92. The summed E-state index contributed by atoms with van der Waals surface area (Å²) in [5, 5.41) is 3.70. The Bertz CT molecular complexity index is 1220. The smallest absolute Gasteiger partial charge is 0.244 e. The lowest BCUT2D eigenvalue weighted by Gasteiger charge is -2.33. The number of amides is 2. The van der Waals surface area contributed by atoms with Gasteiger partial charge >= 0.3 is 0 Å². The Balaban J connectivity index is 2.55. The number of hydrogen-bond donors (Lipinski definition) is 1. The van der Waals surface area contributed by atoms with Gasteiger partial charge in [-0.05, 0) is 62.1 Å². The van der Waals surface area contributed by atoms with Crippen LogP contribution in [0.3, 0.4) is 0 Å². The van der Waals surface area contributed by atoms with E-state index in [1.165, 1.54) is 12.0 Å². The number of methoxy groups -OCH3 is 1. The first-order chi connectivity index (χ1) is 17.3. The van der Waals surface area contributed by atoms with Crippen LogP contribution >= 0.6 is 23.2 Å². The Kier molecular flexibility index (Phi) is 11.1. The number of rotatable bonds is 12. The molecule has 8 nitrogen and oxygen atoms in total. The van der Waals surface area contributed by atoms with Gasteiger partial charge < -0.3 is 15.0 Å². The zero-order valence-electron chi connectivity index (χ0n) is 22.0. The van der Waals surface area contributed by atoms with Crippen molar-refractivity contribution >= 4 is 50.7 Å². The van der Waals surface area contributed by atoms with Crippen LogP contribution in [-0.4, -0.2) is 57.1 Å². The Morgan fingerprint density at radius 1 is 1.08 bits per heavy atom. The van der Waals surface area contributed by atoms with Gasteiger partial charge in [-0.3, -0.25) is 13.9 Å². The third kappa shape index (κ3) is 8.25. The Labute approximate surface area is 229 Å². The number of carbonyl (C=O) groups is 2. The third-order valence-corrected chi connectivity index (χ3v) is 7.74. The van der Waals surface area contributed by atoms with Crippen molar-refractivity contribution in [1.29, 1.82) is 0 Å². The summed E-state index contributed by atoms with van der Waals surface area (Å²) in [6.45, 7) is 6.89. The molecule has 0 saturated carbocycles. The van der Waals surface area contributed by atoms with E-state index in [0.29, 0.717) is 34.2 Å². The molecule has 0 heterocycles. The van der Waals surface area contributed by atoms with Crippen molar-refractivity contribution in [3.63, 3.8) is 0 Å². The van der Waals surface area contributed by atoms with Gasteiger partial charge in [0.1, 0.15) is 18.3 Å². The fourth-order valence-corrected chi connectivity index (χ4v) is 5.10. The molecule has 204 valence electrons. The molecule has 0 fully saturated rings. The van der Waals surface area contributed by atoms with E-state index in [1.807, 2.05) is 20.8 Å². The Morgan fingerprint density at radius 2 is 1.76 bits per heavy atom. The minimum atomic E-state index is -3.90. The van der Waals surface area contributed by atoms with Crippen molar-refractivity contribution in [3.05, 3.63) is 57.6 Å². The number of ether oxygens (including phenoxy) is 1. The lowest BCUT2D eigenvalue weighted by atomic mass is 10.1. The largest absolute Gasteiger partial charge is 0.495 e. The van der Waals surface area contributed by atoms with Crippen LogP contribution in [0, 0.1) is 6.92 Å². The fraction of sp³-hybridized carbons (Fsp3) is 0.462. The Morgan fingerprint density at radius 3 is 2.30 bits per heavy atom. The van der Waals surface area contributed by atoms with E-state index in [0.717, 1.165) is 16.1 Å². The van der Waals surface area contributed by atoms with E-state index in [2.05, 4.69) is 5.32 Å². The monoisotopic (exact) mass is 571 g/mol. The molecule has 2 aromatic carbocycles. The first-order valence-corrected chi connectivity index (χ1v) is 14.6. The summed E-state index contributed by atoms with van der Waals surface area (Å²) < 4.78 is 32.1. The average molecular weight is 573 g/mol. The van der Waals surface area contributed by atoms with Crippen LogP contribution in [-0.2, 0) is 26.2 Å². The van der Waals surface area contributed by atoms with Gasteiger partial charge in [0, 0.05) is 22.6 Å². The average Bonchev–Trinajstić information content (AvgIpc) is 2.82. The topological polar surface area (TPSA) is 96.0 Å². The molecule has 2 atom stereocenters. The van der Waals surface area contributed by atoms with Crippen molar-refractivity contribution in [2.45, 2.75) is 59.2 Å². The van der Waals surface area contributed by atoms with Gasteiger partial charge in [0.05, 0.1) is 19.1 Å². The van der Waals surface area contributed by atoms with Gasteiger partial charge in [0.25, 0.3) is 0 Å². The number of nitrogens with zero attached hydrogens (tertiary/aromatic N) is 2. The molecule has 0 saturated heterocycles. The second kappa shape index (κ2) is 13.3. The molecule has 0 aliphatic heterocycles. The summed E-state index contributed by atoms with van der Waals surface area (Å²) in [4.78, 5) is 28.4. The molecule has 37 heavy (non-hydrogen) atoms. The normalized spacial score (nSPS) is 13.0. The number of halogens is 2. The zero-order valence-corrected chi connectivity index (χ0v) is 24.4. The van der Waals surface area contributed by atoms with E-state index < -0.39 is 28.5 Å². The molecule has 0 radical (unpaired) electrons. The molecule has 11 heteroatoms. The SMILES string of the molecule is CC[C@@H](C)NC(=O)[C@@H](CC)N(Cc1ccc(Cl)cc1Cl)C(=O)CN(c1cc(C)ccc1OC)S(C)(=O)=O. The van der Waals surface area contributed by atoms with Gasteiger partial charge in [-0.15, -0.1) is 0 Å². The van der Waals surface area contributed by atoms with Crippen LogP contribution < -0.4 is 14.4 Å². The number of hydrogen-bond acceptors (Lipinski definition) is 5. The standard InChI is InChI=1S/C26H35Cl2N3O5S/c1-7-18(4)29-26(33)22(8-2)30(15-19-10-11-20(27)14-21(19)28)25(32)16-31(37(6,34)35)23-13-17(3)9-12-24(23)36-5/h9-14,18,22H,7-8,15-16H2,1-6H3,(H,29,33)/t18-,22-/m1/s1. The first-order valence-electron chi connectivity index (χ1n) is 12.0. The van der Waals surface area contributed by atoms with E-state index in [4.69, 9.17) is 27.9 Å². The summed E-state index contributed by atoms with van der Waals surface area (Å²) in [5.74, 6) is -0.585. The molecule has 2 amide bonds. The van der Waals surface area contributed by atoms with Crippen molar-refractivity contribution in [3.8, 4) is 5.75 Å². The number of anilines is 1. The van der Waals surface area contributed by atoms with Crippen molar-refractivity contribution in [2.24, 2.45) is 0 Å². The molecule has 0 bridgehead atoms. The number of benzene rings is 2. The van der Waals surface area contributed by atoms with Crippen molar-refractivity contribution in [2.75, 3.05) is 24.2 Å². The summed E-state index contributed by atoms with van der Waals surface area (Å²) in [7, 11) is -2.47. The Hall–Kier alpha value is -2.49.